The minimum atomic E-state index is -5.01. The molecule has 4 fully saturated rings. The number of halogens is 6. The van der Waals surface area contributed by atoms with Gasteiger partial charge in [-0.3, -0.25) is 0 Å². The van der Waals surface area contributed by atoms with Crippen molar-refractivity contribution < 1.29 is 45.4 Å². The highest BCUT2D eigenvalue weighted by molar-refractivity contribution is 5.76. The summed E-state index contributed by atoms with van der Waals surface area (Å²) in [5, 5.41) is 0. The number of hydrogen-bond acceptors (Lipinski definition) is 4. The summed E-state index contributed by atoms with van der Waals surface area (Å²) in [6, 6.07) is 0. The Morgan fingerprint density at radius 2 is 1.30 bits per heavy atom. The molecule has 4 aliphatic rings. The number of ether oxygens (including phenoxy) is 2. The van der Waals surface area contributed by atoms with E-state index in [0.29, 0.717) is 44.4 Å². The molecular weight excluding hydrogens is 454 g/mol. The summed E-state index contributed by atoms with van der Waals surface area (Å²) in [7, 11) is 0. The van der Waals surface area contributed by atoms with E-state index in [-0.39, 0.29) is 23.2 Å². The van der Waals surface area contributed by atoms with E-state index >= 15 is 0 Å². The Morgan fingerprint density at radius 1 is 0.727 bits per heavy atom. The summed E-state index contributed by atoms with van der Waals surface area (Å²) in [6.45, 7) is 4.12. The van der Waals surface area contributed by atoms with Gasteiger partial charge in [-0.05, 0) is 86.9 Å². The molecule has 0 aromatic rings. The van der Waals surface area contributed by atoms with E-state index in [1.54, 1.807) is 0 Å². The second-order valence-electron chi connectivity index (χ2n) is 11.0. The van der Waals surface area contributed by atoms with E-state index < -0.39 is 41.9 Å². The summed E-state index contributed by atoms with van der Waals surface area (Å²) < 4.78 is 85.8. The molecule has 0 amide bonds. The van der Waals surface area contributed by atoms with Crippen molar-refractivity contribution in [3.8, 4) is 0 Å². The van der Waals surface area contributed by atoms with Gasteiger partial charge < -0.3 is 9.47 Å². The Hall–Kier alpha value is -1.48. The number of esters is 2. The third-order valence-electron chi connectivity index (χ3n) is 9.52. The maximum atomic E-state index is 12.8. The Balaban J connectivity index is 1.45. The number of alkyl halides is 6. The number of hydrogen-bond donors (Lipinski definition) is 0. The van der Waals surface area contributed by atoms with Crippen molar-refractivity contribution in [3.63, 3.8) is 0 Å². The van der Waals surface area contributed by atoms with Crippen LogP contribution in [0.4, 0.5) is 26.3 Å². The Kier molecular flexibility index (Phi) is 6.00. The second-order valence-corrected chi connectivity index (χ2v) is 11.0. The number of carbonyl (C=O) groups is 2. The lowest BCUT2D eigenvalue weighted by Gasteiger charge is -2.60. The van der Waals surface area contributed by atoms with Gasteiger partial charge in [-0.25, -0.2) is 9.59 Å². The van der Waals surface area contributed by atoms with Crippen molar-refractivity contribution in [2.24, 2.45) is 34.5 Å². The maximum Gasteiger partial charge on any atom is 0.490 e. The fourth-order valence-corrected chi connectivity index (χ4v) is 7.89. The van der Waals surface area contributed by atoms with Crippen LogP contribution < -0.4 is 0 Å². The zero-order valence-corrected chi connectivity index (χ0v) is 18.7. The van der Waals surface area contributed by atoms with E-state index in [1.807, 2.05) is 6.92 Å². The Bertz CT molecular complexity index is 795. The predicted octanol–water partition coefficient (Wildman–Crippen LogP) is 5.98. The lowest BCUT2D eigenvalue weighted by atomic mass is 9.45. The summed E-state index contributed by atoms with van der Waals surface area (Å²) in [5.41, 5.74) is -0.600. The SMILES string of the molecule is C[C@]12CCC3C(CC[C@H]4C[C@H](OC(=O)C(F)(F)F)CC[C@]34C)C1CC[C@H]2OC(=O)C(F)(F)F. The minimum absolute atomic E-state index is 0.105. The van der Waals surface area contributed by atoms with Gasteiger partial charge in [0.05, 0.1) is 0 Å². The third-order valence-corrected chi connectivity index (χ3v) is 9.52. The molecule has 10 heteroatoms. The van der Waals surface area contributed by atoms with Gasteiger partial charge >= 0.3 is 24.3 Å². The Morgan fingerprint density at radius 3 is 1.94 bits per heavy atom. The predicted molar refractivity (Wildman–Crippen MR) is 104 cm³/mol. The van der Waals surface area contributed by atoms with Crippen LogP contribution in [0.1, 0.15) is 71.6 Å². The van der Waals surface area contributed by atoms with Gasteiger partial charge in [0.2, 0.25) is 0 Å². The highest BCUT2D eigenvalue weighted by Gasteiger charge is 2.62. The van der Waals surface area contributed by atoms with E-state index in [2.05, 4.69) is 6.92 Å². The molecule has 0 saturated heterocycles. The van der Waals surface area contributed by atoms with Crippen LogP contribution >= 0.6 is 0 Å². The number of rotatable bonds is 2. The monoisotopic (exact) mass is 484 g/mol. The smallest absolute Gasteiger partial charge is 0.456 e. The molecular formula is C23H30F6O4. The zero-order chi connectivity index (χ0) is 24.4. The first kappa shape index (κ1) is 24.6. The van der Waals surface area contributed by atoms with Crippen LogP contribution in [0.5, 0.6) is 0 Å². The lowest BCUT2D eigenvalue weighted by molar-refractivity contribution is -0.215. The van der Waals surface area contributed by atoms with Gasteiger partial charge in [0.1, 0.15) is 12.2 Å². The molecule has 0 aliphatic heterocycles. The lowest BCUT2D eigenvalue weighted by Crippen LogP contribution is -2.55. The molecule has 0 spiro atoms. The van der Waals surface area contributed by atoms with Gasteiger partial charge in [0, 0.05) is 5.41 Å². The average Bonchev–Trinajstić information content (AvgIpc) is 3.03. The van der Waals surface area contributed by atoms with Crippen molar-refractivity contribution in [3.05, 3.63) is 0 Å². The molecule has 8 atom stereocenters. The van der Waals surface area contributed by atoms with E-state index in [1.165, 1.54) is 0 Å². The first-order valence-corrected chi connectivity index (χ1v) is 11.7. The average molecular weight is 484 g/mol. The second kappa shape index (κ2) is 8.04. The molecule has 0 N–H and O–H groups in total. The highest BCUT2D eigenvalue weighted by Crippen LogP contribution is 2.66. The fraction of sp³-hybridized carbons (Fsp3) is 0.913. The molecule has 4 rings (SSSR count). The van der Waals surface area contributed by atoms with Crippen molar-refractivity contribution >= 4 is 11.9 Å². The Labute approximate surface area is 188 Å². The van der Waals surface area contributed by atoms with Crippen LogP contribution in [0.25, 0.3) is 0 Å². The van der Waals surface area contributed by atoms with Crippen LogP contribution in [-0.4, -0.2) is 36.5 Å². The van der Waals surface area contributed by atoms with Gasteiger partial charge in [0.25, 0.3) is 0 Å². The quantitative estimate of drug-likeness (QED) is 0.358. The summed E-state index contributed by atoms with van der Waals surface area (Å²) in [5.74, 6) is -3.37. The van der Waals surface area contributed by atoms with Crippen LogP contribution in [0.2, 0.25) is 0 Å². The first-order valence-electron chi connectivity index (χ1n) is 11.7. The first-order chi connectivity index (χ1) is 15.2. The molecule has 188 valence electrons. The van der Waals surface area contributed by atoms with Crippen LogP contribution in [-0.2, 0) is 19.1 Å². The molecule has 3 unspecified atom stereocenters. The van der Waals surface area contributed by atoms with Gasteiger partial charge in [-0.2, -0.15) is 26.3 Å². The molecule has 0 radical (unpaired) electrons. The van der Waals surface area contributed by atoms with Crippen molar-refractivity contribution in [1.82, 2.24) is 0 Å². The van der Waals surface area contributed by atoms with Gasteiger partial charge in [-0.15, -0.1) is 0 Å². The topological polar surface area (TPSA) is 52.6 Å². The van der Waals surface area contributed by atoms with Gasteiger partial charge in [-0.1, -0.05) is 13.8 Å². The summed E-state index contributed by atoms with van der Waals surface area (Å²) in [6.07, 6.45) is -5.84. The number of fused-ring (bicyclic) bond motifs is 5. The molecule has 4 nitrogen and oxygen atoms in total. The van der Waals surface area contributed by atoms with E-state index in [9.17, 15) is 35.9 Å². The van der Waals surface area contributed by atoms with Crippen LogP contribution in [0.15, 0.2) is 0 Å². The third kappa shape index (κ3) is 4.24. The van der Waals surface area contributed by atoms with Crippen molar-refractivity contribution in [1.29, 1.82) is 0 Å². The summed E-state index contributed by atoms with van der Waals surface area (Å²) >= 11 is 0. The number of carbonyl (C=O) groups excluding carboxylic acids is 2. The highest BCUT2D eigenvalue weighted by atomic mass is 19.4. The molecule has 4 saturated carbocycles. The standard InChI is InChI=1S/C23H30F6O4/c1-20-9-7-13(32-18(30)22(24,25)26)11-12(20)3-4-14-15-5-6-17(33-19(31)23(27,28)29)21(15,2)10-8-16(14)20/h12-17H,3-11H2,1-2H3/t12-,13+,14?,15?,16?,17+,20-,21-/m0/s1. The van der Waals surface area contributed by atoms with Gasteiger partial charge in [0.15, 0.2) is 0 Å². The fourth-order valence-electron chi connectivity index (χ4n) is 7.89. The maximum absolute atomic E-state index is 12.8. The van der Waals surface area contributed by atoms with Crippen molar-refractivity contribution in [2.75, 3.05) is 0 Å². The normalized spacial score (nSPS) is 43.2. The minimum Gasteiger partial charge on any atom is -0.456 e. The van der Waals surface area contributed by atoms with E-state index in [0.717, 1.165) is 19.3 Å². The summed E-state index contributed by atoms with van der Waals surface area (Å²) in [4.78, 5) is 22.8. The van der Waals surface area contributed by atoms with E-state index in [4.69, 9.17) is 9.47 Å². The molecule has 0 bridgehead atoms. The molecule has 0 heterocycles. The molecule has 0 aromatic carbocycles. The molecule has 33 heavy (non-hydrogen) atoms. The van der Waals surface area contributed by atoms with Crippen LogP contribution in [0, 0.1) is 34.5 Å². The van der Waals surface area contributed by atoms with Crippen LogP contribution in [0.3, 0.4) is 0 Å². The largest absolute Gasteiger partial charge is 0.490 e. The van der Waals surface area contributed by atoms with Crippen molar-refractivity contribution in [2.45, 2.75) is 96.2 Å². The molecule has 0 aromatic heterocycles. The zero-order valence-electron chi connectivity index (χ0n) is 18.7. The molecule has 4 aliphatic carbocycles.